The lowest BCUT2D eigenvalue weighted by atomic mass is 9.88. The summed E-state index contributed by atoms with van der Waals surface area (Å²) in [6, 6.07) is 3.99. The quantitative estimate of drug-likeness (QED) is 0.749. The SMILES string of the molecule is NC1(c2ccc3c(c2F)CCCC3)CC1. The van der Waals surface area contributed by atoms with E-state index in [0.29, 0.717) is 0 Å². The van der Waals surface area contributed by atoms with Crippen molar-refractivity contribution in [2.75, 3.05) is 0 Å². The van der Waals surface area contributed by atoms with Gasteiger partial charge in [-0.3, -0.25) is 0 Å². The van der Waals surface area contributed by atoms with E-state index >= 15 is 0 Å². The summed E-state index contributed by atoms with van der Waals surface area (Å²) in [5.74, 6) is -0.00722. The van der Waals surface area contributed by atoms with Crippen LogP contribution in [0.2, 0.25) is 0 Å². The van der Waals surface area contributed by atoms with Gasteiger partial charge in [-0.1, -0.05) is 12.1 Å². The fourth-order valence-electron chi connectivity index (χ4n) is 2.57. The van der Waals surface area contributed by atoms with E-state index in [1.807, 2.05) is 6.07 Å². The molecule has 0 bridgehead atoms. The molecule has 2 aliphatic carbocycles. The molecule has 1 nitrogen and oxygen atoms in total. The maximum Gasteiger partial charge on any atom is 0.131 e. The Morgan fingerprint density at radius 2 is 1.87 bits per heavy atom. The number of nitrogens with two attached hydrogens (primary N) is 1. The Labute approximate surface area is 89.5 Å². The molecule has 3 rings (SSSR count). The van der Waals surface area contributed by atoms with Crippen molar-refractivity contribution >= 4 is 0 Å². The summed E-state index contributed by atoms with van der Waals surface area (Å²) in [4.78, 5) is 0. The lowest BCUT2D eigenvalue weighted by Gasteiger charge is -2.20. The van der Waals surface area contributed by atoms with Gasteiger partial charge in [-0.15, -0.1) is 0 Å². The summed E-state index contributed by atoms with van der Waals surface area (Å²) in [7, 11) is 0. The van der Waals surface area contributed by atoms with Crippen molar-refractivity contribution in [2.45, 2.75) is 44.1 Å². The van der Waals surface area contributed by atoms with Gasteiger partial charge in [0.2, 0.25) is 0 Å². The molecule has 0 heterocycles. The van der Waals surface area contributed by atoms with Crippen LogP contribution < -0.4 is 5.73 Å². The van der Waals surface area contributed by atoms with Gasteiger partial charge in [-0.25, -0.2) is 4.39 Å². The summed E-state index contributed by atoms with van der Waals surface area (Å²) in [6.07, 6.45) is 6.10. The molecule has 0 unspecified atom stereocenters. The second-order valence-corrected chi connectivity index (χ2v) is 4.93. The first-order chi connectivity index (χ1) is 7.21. The van der Waals surface area contributed by atoms with Gasteiger partial charge in [0.15, 0.2) is 0 Å². The molecule has 0 aliphatic heterocycles. The highest BCUT2D eigenvalue weighted by Gasteiger charge is 2.42. The molecule has 1 saturated carbocycles. The van der Waals surface area contributed by atoms with Crippen LogP contribution in [-0.2, 0) is 18.4 Å². The highest BCUT2D eigenvalue weighted by atomic mass is 19.1. The van der Waals surface area contributed by atoms with Gasteiger partial charge >= 0.3 is 0 Å². The first-order valence-electron chi connectivity index (χ1n) is 5.80. The molecule has 1 aromatic rings. The van der Waals surface area contributed by atoms with E-state index in [9.17, 15) is 4.39 Å². The summed E-state index contributed by atoms with van der Waals surface area (Å²) < 4.78 is 14.2. The zero-order chi connectivity index (χ0) is 10.5. The Hall–Kier alpha value is -0.890. The third kappa shape index (κ3) is 1.39. The van der Waals surface area contributed by atoms with Crippen molar-refractivity contribution in [3.05, 3.63) is 34.6 Å². The molecular weight excluding hydrogens is 189 g/mol. The summed E-state index contributed by atoms with van der Waals surface area (Å²) in [5, 5.41) is 0. The molecule has 0 radical (unpaired) electrons. The molecule has 2 heteroatoms. The normalized spacial score (nSPS) is 22.3. The summed E-state index contributed by atoms with van der Waals surface area (Å²) in [6.45, 7) is 0. The zero-order valence-electron chi connectivity index (χ0n) is 8.85. The maximum atomic E-state index is 14.2. The number of aryl methyl sites for hydroxylation is 1. The van der Waals surface area contributed by atoms with E-state index in [1.165, 1.54) is 12.0 Å². The standard InChI is InChI=1S/C13H16FN/c14-12-10-4-2-1-3-9(10)5-6-11(12)13(15)7-8-13/h5-6H,1-4,7-8,15H2. The average Bonchev–Trinajstić information content (AvgIpc) is 2.98. The highest BCUT2D eigenvalue weighted by Crippen LogP contribution is 2.45. The molecule has 0 spiro atoms. The van der Waals surface area contributed by atoms with Crippen molar-refractivity contribution in [2.24, 2.45) is 5.73 Å². The number of fused-ring (bicyclic) bond motifs is 1. The van der Waals surface area contributed by atoms with Crippen LogP contribution in [0, 0.1) is 5.82 Å². The van der Waals surface area contributed by atoms with Gasteiger partial charge in [0.05, 0.1) is 0 Å². The molecule has 80 valence electrons. The third-order valence-corrected chi connectivity index (χ3v) is 3.79. The van der Waals surface area contributed by atoms with Crippen molar-refractivity contribution in [1.29, 1.82) is 0 Å². The van der Waals surface area contributed by atoms with Crippen molar-refractivity contribution in [3.63, 3.8) is 0 Å². The van der Waals surface area contributed by atoms with Crippen LogP contribution in [0.3, 0.4) is 0 Å². The van der Waals surface area contributed by atoms with Crippen molar-refractivity contribution < 1.29 is 4.39 Å². The van der Waals surface area contributed by atoms with Gasteiger partial charge < -0.3 is 5.73 Å². The van der Waals surface area contributed by atoms with E-state index in [0.717, 1.165) is 43.2 Å². The van der Waals surface area contributed by atoms with Gasteiger partial charge in [-0.05, 0) is 49.7 Å². The number of benzene rings is 1. The van der Waals surface area contributed by atoms with E-state index < -0.39 is 0 Å². The Bertz CT molecular complexity index is 407. The van der Waals surface area contributed by atoms with Crippen molar-refractivity contribution in [3.8, 4) is 0 Å². The maximum absolute atomic E-state index is 14.2. The first-order valence-corrected chi connectivity index (χ1v) is 5.80. The van der Waals surface area contributed by atoms with Crippen LogP contribution in [0.4, 0.5) is 4.39 Å². The molecule has 2 aliphatic rings. The summed E-state index contributed by atoms with van der Waals surface area (Å²) in [5.41, 5.74) is 8.62. The molecule has 1 aromatic carbocycles. The fourth-order valence-corrected chi connectivity index (χ4v) is 2.57. The molecule has 0 atom stereocenters. The van der Waals surface area contributed by atoms with Gasteiger partial charge in [0.1, 0.15) is 5.82 Å². The fraction of sp³-hybridized carbons (Fsp3) is 0.538. The van der Waals surface area contributed by atoms with E-state index in [-0.39, 0.29) is 11.4 Å². The number of hydrogen-bond acceptors (Lipinski definition) is 1. The highest BCUT2D eigenvalue weighted by molar-refractivity contribution is 5.40. The Balaban J connectivity index is 2.11. The molecule has 0 amide bonds. The second-order valence-electron chi connectivity index (χ2n) is 4.93. The van der Waals surface area contributed by atoms with E-state index in [4.69, 9.17) is 5.73 Å². The van der Waals surface area contributed by atoms with Crippen LogP contribution in [-0.4, -0.2) is 0 Å². The third-order valence-electron chi connectivity index (χ3n) is 3.79. The molecule has 1 fully saturated rings. The second kappa shape index (κ2) is 3.05. The lowest BCUT2D eigenvalue weighted by Crippen LogP contribution is -2.22. The average molecular weight is 205 g/mol. The van der Waals surface area contributed by atoms with Crippen LogP contribution >= 0.6 is 0 Å². The number of halogens is 1. The minimum atomic E-state index is -0.337. The Morgan fingerprint density at radius 1 is 1.13 bits per heavy atom. The lowest BCUT2D eigenvalue weighted by molar-refractivity contribution is 0.544. The Morgan fingerprint density at radius 3 is 2.60 bits per heavy atom. The molecule has 15 heavy (non-hydrogen) atoms. The van der Waals surface area contributed by atoms with Crippen LogP contribution in [0.1, 0.15) is 42.4 Å². The minimum absolute atomic E-state index is 0.00722. The zero-order valence-corrected chi connectivity index (χ0v) is 8.85. The first kappa shape index (κ1) is 9.34. The molecule has 0 saturated heterocycles. The molecule has 2 N–H and O–H groups in total. The number of rotatable bonds is 1. The largest absolute Gasteiger partial charge is 0.321 e. The van der Waals surface area contributed by atoms with E-state index in [1.54, 1.807) is 0 Å². The van der Waals surface area contributed by atoms with E-state index in [2.05, 4.69) is 6.07 Å². The predicted octanol–water partition coefficient (Wildman–Crippen LogP) is 2.65. The summed E-state index contributed by atoms with van der Waals surface area (Å²) >= 11 is 0. The molecule has 0 aromatic heterocycles. The van der Waals surface area contributed by atoms with Crippen molar-refractivity contribution in [1.82, 2.24) is 0 Å². The van der Waals surface area contributed by atoms with Gasteiger partial charge in [0.25, 0.3) is 0 Å². The van der Waals surface area contributed by atoms with Crippen LogP contribution in [0.15, 0.2) is 12.1 Å². The smallest absolute Gasteiger partial charge is 0.131 e. The van der Waals surface area contributed by atoms with Gasteiger partial charge in [0, 0.05) is 11.1 Å². The van der Waals surface area contributed by atoms with Crippen LogP contribution in [0.25, 0.3) is 0 Å². The molecular formula is C13H16FN. The monoisotopic (exact) mass is 205 g/mol. The van der Waals surface area contributed by atoms with Gasteiger partial charge in [-0.2, -0.15) is 0 Å². The predicted molar refractivity (Wildman–Crippen MR) is 58.1 cm³/mol. The Kier molecular flexibility index (Phi) is 1.90. The minimum Gasteiger partial charge on any atom is -0.321 e. The number of hydrogen-bond donors (Lipinski definition) is 1. The van der Waals surface area contributed by atoms with Crippen LogP contribution in [0.5, 0.6) is 0 Å². The topological polar surface area (TPSA) is 26.0 Å².